The number of carbonyl (C=O) groups is 1. The van der Waals surface area contributed by atoms with E-state index in [1.165, 1.54) is 40.6 Å². The molecular weight excluding hydrogens is 481 g/mol. The molecule has 5 nitrogen and oxygen atoms in total. The summed E-state index contributed by atoms with van der Waals surface area (Å²) in [6.07, 6.45) is 1.58. The highest BCUT2D eigenvalue weighted by molar-refractivity contribution is 9.10. The predicted molar refractivity (Wildman–Crippen MR) is 126 cm³/mol. The molecule has 8 heteroatoms. The lowest BCUT2D eigenvalue weighted by Gasteiger charge is -2.14. The maximum Gasteiger partial charge on any atom is 0.280 e. The molecule has 0 aliphatic carbocycles. The summed E-state index contributed by atoms with van der Waals surface area (Å²) in [6.45, 7) is 2.51. The highest BCUT2D eigenvalue weighted by Gasteiger charge is 2.21. The van der Waals surface area contributed by atoms with Gasteiger partial charge in [0.1, 0.15) is 11.6 Å². The third kappa shape index (κ3) is 4.98. The number of nitrogens with zero attached hydrogens (tertiary/aromatic N) is 3. The standard InChI is InChI=1S/C23H17BrFN3O2S/c1-2-30-19-10-3-15(4-11-19)14-26-28(22(29)16-5-8-18(25)9-6-16)23-27-20-12-7-17(24)13-21(20)31-23/h3-14H,2H2,1H3/b26-14+. The maximum absolute atomic E-state index is 13.3. The molecule has 1 amide bonds. The van der Waals surface area contributed by atoms with E-state index in [2.05, 4.69) is 26.0 Å². The number of ether oxygens (including phenoxy) is 1. The summed E-state index contributed by atoms with van der Waals surface area (Å²) in [5.41, 5.74) is 1.87. The van der Waals surface area contributed by atoms with Crippen LogP contribution < -0.4 is 9.75 Å². The summed E-state index contributed by atoms with van der Waals surface area (Å²) in [6, 6.07) is 18.4. The lowest BCUT2D eigenvalue weighted by molar-refractivity contribution is 0.0988. The molecule has 1 aromatic heterocycles. The van der Waals surface area contributed by atoms with E-state index in [1.54, 1.807) is 6.21 Å². The average molecular weight is 498 g/mol. The second-order valence-corrected chi connectivity index (χ2v) is 8.40. The fourth-order valence-electron chi connectivity index (χ4n) is 2.82. The molecule has 0 unspecified atom stereocenters. The minimum Gasteiger partial charge on any atom is -0.494 e. The Kier molecular flexibility index (Phi) is 6.39. The maximum atomic E-state index is 13.3. The smallest absolute Gasteiger partial charge is 0.280 e. The first-order valence-corrected chi connectivity index (χ1v) is 11.1. The Hall–Kier alpha value is -3.10. The van der Waals surface area contributed by atoms with Gasteiger partial charge in [0, 0.05) is 10.0 Å². The Balaban J connectivity index is 1.70. The molecule has 3 aromatic carbocycles. The third-order valence-electron chi connectivity index (χ3n) is 4.32. The molecule has 0 bridgehead atoms. The molecule has 0 aliphatic rings. The quantitative estimate of drug-likeness (QED) is 0.232. The molecule has 0 atom stereocenters. The van der Waals surface area contributed by atoms with Gasteiger partial charge >= 0.3 is 0 Å². The van der Waals surface area contributed by atoms with E-state index in [0.717, 1.165) is 26.0 Å². The molecule has 0 radical (unpaired) electrons. The van der Waals surface area contributed by atoms with E-state index in [1.807, 2.05) is 49.4 Å². The highest BCUT2D eigenvalue weighted by atomic mass is 79.9. The largest absolute Gasteiger partial charge is 0.494 e. The molecule has 31 heavy (non-hydrogen) atoms. The summed E-state index contributed by atoms with van der Waals surface area (Å²) in [5.74, 6) is -0.0539. The fraction of sp³-hybridized carbons (Fsp3) is 0.0870. The van der Waals surface area contributed by atoms with E-state index in [-0.39, 0.29) is 0 Å². The zero-order chi connectivity index (χ0) is 21.8. The first-order valence-electron chi connectivity index (χ1n) is 9.46. The second-order valence-electron chi connectivity index (χ2n) is 6.48. The van der Waals surface area contributed by atoms with Crippen LogP contribution in [0.5, 0.6) is 5.75 Å². The van der Waals surface area contributed by atoms with E-state index in [0.29, 0.717) is 17.3 Å². The van der Waals surface area contributed by atoms with E-state index < -0.39 is 11.7 Å². The van der Waals surface area contributed by atoms with Crippen LogP contribution in [0.15, 0.2) is 76.3 Å². The van der Waals surface area contributed by atoms with Crippen molar-refractivity contribution in [2.24, 2.45) is 5.10 Å². The average Bonchev–Trinajstić information content (AvgIpc) is 3.18. The summed E-state index contributed by atoms with van der Waals surface area (Å²) >= 11 is 4.80. The van der Waals surface area contributed by atoms with Gasteiger partial charge in [-0.15, -0.1) is 0 Å². The number of hydrazone groups is 1. The zero-order valence-electron chi connectivity index (χ0n) is 16.5. The van der Waals surface area contributed by atoms with Gasteiger partial charge in [0.05, 0.1) is 23.0 Å². The molecule has 1 heterocycles. The van der Waals surface area contributed by atoms with Crippen LogP contribution in [0.2, 0.25) is 0 Å². The van der Waals surface area contributed by atoms with Crippen molar-refractivity contribution in [3.63, 3.8) is 0 Å². The molecule has 0 spiro atoms. The number of aromatic nitrogens is 1. The topological polar surface area (TPSA) is 54.8 Å². The van der Waals surface area contributed by atoms with Crippen LogP contribution in [-0.4, -0.2) is 23.7 Å². The molecule has 0 fully saturated rings. The van der Waals surface area contributed by atoms with E-state index >= 15 is 0 Å². The number of halogens is 2. The van der Waals surface area contributed by atoms with Gasteiger partial charge in [-0.25, -0.2) is 9.37 Å². The van der Waals surface area contributed by atoms with Crippen molar-refractivity contribution in [3.05, 3.63) is 88.1 Å². The molecule has 0 saturated carbocycles. The van der Waals surface area contributed by atoms with Gasteiger partial charge in [0.15, 0.2) is 0 Å². The molecule has 0 N–H and O–H groups in total. The monoisotopic (exact) mass is 497 g/mol. The van der Waals surface area contributed by atoms with E-state index in [9.17, 15) is 9.18 Å². The van der Waals surface area contributed by atoms with Gasteiger partial charge in [-0.3, -0.25) is 4.79 Å². The number of benzene rings is 3. The SMILES string of the molecule is CCOc1ccc(/C=N/N(C(=O)c2ccc(F)cc2)c2nc3ccc(Br)cc3s2)cc1. The second kappa shape index (κ2) is 9.36. The molecule has 0 aliphatic heterocycles. The van der Waals surface area contributed by atoms with Crippen molar-refractivity contribution in [1.29, 1.82) is 0 Å². The Bertz CT molecular complexity index is 1240. The first-order chi connectivity index (χ1) is 15.0. The molecule has 156 valence electrons. The minimum atomic E-state index is -0.411. The van der Waals surface area contributed by atoms with Gasteiger partial charge < -0.3 is 4.74 Å². The van der Waals surface area contributed by atoms with Crippen molar-refractivity contribution in [1.82, 2.24) is 4.98 Å². The number of amides is 1. The Morgan fingerprint density at radius 3 is 2.61 bits per heavy atom. The van der Waals surface area contributed by atoms with Crippen LogP contribution in [0.3, 0.4) is 0 Å². The number of anilines is 1. The summed E-state index contributed by atoms with van der Waals surface area (Å²) < 4.78 is 20.6. The van der Waals surface area contributed by atoms with Crippen molar-refractivity contribution >= 4 is 54.7 Å². The Labute approximate surface area is 190 Å². The van der Waals surface area contributed by atoms with Crippen LogP contribution in [-0.2, 0) is 0 Å². The van der Waals surface area contributed by atoms with Gasteiger partial charge in [0.2, 0.25) is 5.13 Å². The Morgan fingerprint density at radius 2 is 1.90 bits per heavy atom. The van der Waals surface area contributed by atoms with Gasteiger partial charge in [0.25, 0.3) is 5.91 Å². The first kappa shape index (κ1) is 21.1. The molecule has 0 saturated heterocycles. The number of hydrogen-bond acceptors (Lipinski definition) is 5. The number of fused-ring (bicyclic) bond motifs is 1. The van der Waals surface area contributed by atoms with Crippen LogP contribution in [0.1, 0.15) is 22.8 Å². The third-order valence-corrected chi connectivity index (χ3v) is 5.80. The fourth-order valence-corrected chi connectivity index (χ4v) is 4.30. The van der Waals surface area contributed by atoms with Crippen molar-refractivity contribution in [2.45, 2.75) is 6.92 Å². The summed E-state index contributed by atoms with van der Waals surface area (Å²) in [4.78, 5) is 17.8. The zero-order valence-corrected chi connectivity index (χ0v) is 18.9. The number of rotatable bonds is 6. The lowest BCUT2D eigenvalue weighted by atomic mass is 10.2. The normalized spacial score (nSPS) is 11.2. The van der Waals surface area contributed by atoms with Crippen LogP contribution in [0, 0.1) is 5.82 Å². The number of hydrogen-bond donors (Lipinski definition) is 0. The highest BCUT2D eigenvalue weighted by Crippen LogP contribution is 2.32. The van der Waals surface area contributed by atoms with Crippen LogP contribution in [0.4, 0.5) is 9.52 Å². The minimum absolute atomic E-state index is 0.311. The van der Waals surface area contributed by atoms with Crippen molar-refractivity contribution in [2.75, 3.05) is 11.6 Å². The molecular formula is C23H17BrFN3O2S. The van der Waals surface area contributed by atoms with Crippen LogP contribution in [0.25, 0.3) is 10.2 Å². The number of carbonyl (C=O) groups excluding carboxylic acids is 1. The molecule has 4 rings (SSSR count). The predicted octanol–water partition coefficient (Wildman–Crippen LogP) is 6.28. The van der Waals surface area contributed by atoms with Gasteiger partial charge in [-0.2, -0.15) is 10.1 Å². The number of thiazole rings is 1. The van der Waals surface area contributed by atoms with Gasteiger partial charge in [-0.05, 0) is 79.2 Å². The lowest BCUT2D eigenvalue weighted by Crippen LogP contribution is -2.25. The van der Waals surface area contributed by atoms with Crippen molar-refractivity contribution < 1.29 is 13.9 Å². The van der Waals surface area contributed by atoms with Crippen molar-refractivity contribution in [3.8, 4) is 5.75 Å². The van der Waals surface area contributed by atoms with E-state index in [4.69, 9.17) is 4.74 Å². The summed E-state index contributed by atoms with van der Waals surface area (Å²) in [5, 5.41) is 6.08. The molecule has 4 aromatic rings. The summed E-state index contributed by atoms with van der Waals surface area (Å²) in [7, 11) is 0. The van der Waals surface area contributed by atoms with Gasteiger partial charge in [-0.1, -0.05) is 27.3 Å². The van der Waals surface area contributed by atoms with Crippen LogP contribution >= 0.6 is 27.3 Å². The Morgan fingerprint density at radius 1 is 1.16 bits per heavy atom.